The topological polar surface area (TPSA) is 34.1 Å². The van der Waals surface area contributed by atoms with E-state index in [9.17, 15) is 0 Å². The summed E-state index contributed by atoms with van der Waals surface area (Å²) < 4.78 is 5.54. The molecule has 0 aromatic carbocycles. The molecule has 1 aromatic heterocycles. The second kappa shape index (κ2) is 7.49. The Morgan fingerprint density at radius 1 is 1.26 bits per heavy atom. The third-order valence-corrected chi connectivity index (χ3v) is 2.85. The van der Waals surface area contributed by atoms with Crippen molar-refractivity contribution in [2.75, 3.05) is 25.1 Å². The van der Waals surface area contributed by atoms with Gasteiger partial charge in [0, 0.05) is 26.0 Å². The lowest BCUT2D eigenvalue weighted by atomic mass is 9.88. The van der Waals surface area contributed by atoms with Crippen LogP contribution in [0, 0.1) is 5.92 Å². The molecule has 108 valence electrons. The van der Waals surface area contributed by atoms with E-state index < -0.39 is 0 Å². The van der Waals surface area contributed by atoms with Gasteiger partial charge in [0.15, 0.2) is 0 Å². The summed E-state index contributed by atoms with van der Waals surface area (Å²) in [5, 5.41) is 3.32. The maximum Gasteiger partial charge on any atom is 0.125 e. The Morgan fingerprint density at radius 3 is 2.53 bits per heavy atom. The molecular formula is C16H28N2O. The molecule has 0 amide bonds. The van der Waals surface area contributed by atoms with Crippen molar-refractivity contribution in [3.05, 3.63) is 23.9 Å². The van der Waals surface area contributed by atoms with Gasteiger partial charge in [-0.15, -0.1) is 0 Å². The van der Waals surface area contributed by atoms with Gasteiger partial charge in [-0.2, -0.15) is 0 Å². The molecule has 0 atom stereocenters. The molecule has 1 aromatic rings. The zero-order valence-electron chi connectivity index (χ0n) is 13.0. The van der Waals surface area contributed by atoms with Gasteiger partial charge in [-0.3, -0.25) is 0 Å². The summed E-state index contributed by atoms with van der Waals surface area (Å²) in [4.78, 5) is 4.44. The summed E-state index contributed by atoms with van der Waals surface area (Å²) >= 11 is 0. The van der Waals surface area contributed by atoms with Crippen LogP contribution < -0.4 is 5.32 Å². The van der Waals surface area contributed by atoms with Crippen LogP contribution in [0.4, 0.5) is 5.82 Å². The number of nitrogens with zero attached hydrogens (tertiary/aromatic N) is 1. The summed E-state index contributed by atoms with van der Waals surface area (Å²) in [7, 11) is 0. The number of anilines is 1. The highest BCUT2D eigenvalue weighted by molar-refractivity contribution is 5.36. The summed E-state index contributed by atoms with van der Waals surface area (Å²) in [6.07, 6.45) is 2.97. The molecule has 3 heteroatoms. The molecule has 1 N–H and O–H groups in total. The quantitative estimate of drug-likeness (QED) is 0.759. The normalized spacial score (nSPS) is 11.9. The number of nitrogens with one attached hydrogen (secondary N) is 1. The molecule has 0 unspecified atom stereocenters. The molecule has 1 heterocycles. The smallest absolute Gasteiger partial charge is 0.125 e. The SMILES string of the molecule is CC(C)COCCCNc1ccc(C(C)(C)C)cn1. The van der Waals surface area contributed by atoms with Gasteiger partial charge in [0.1, 0.15) is 5.82 Å². The second-order valence-electron chi connectivity index (χ2n) is 6.43. The Balaban J connectivity index is 2.23. The summed E-state index contributed by atoms with van der Waals surface area (Å²) in [5.41, 5.74) is 1.43. The Bertz CT molecular complexity index is 352. The number of ether oxygens (including phenoxy) is 1. The highest BCUT2D eigenvalue weighted by atomic mass is 16.5. The molecule has 3 nitrogen and oxygen atoms in total. The van der Waals surface area contributed by atoms with Gasteiger partial charge in [-0.1, -0.05) is 40.7 Å². The van der Waals surface area contributed by atoms with Crippen LogP contribution in [0.15, 0.2) is 18.3 Å². The minimum atomic E-state index is 0.163. The van der Waals surface area contributed by atoms with Crippen LogP contribution in [0.3, 0.4) is 0 Å². The lowest BCUT2D eigenvalue weighted by Gasteiger charge is -2.18. The van der Waals surface area contributed by atoms with Gasteiger partial charge in [0.25, 0.3) is 0 Å². The largest absolute Gasteiger partial charge is 0.381 e. The molecule has 0 aliphatic heterocycles. The molecule has 0 bridgehead atoms. The van der Waals surface area contributed by atoms with Crippen molar-refractivity contribution in [3.8, 4) is 0 Å². The van der Waals surface area contributed by atoms with Crippen LogP contribution >= 0.6 is 0 Å². The molecule has 0 aliphatic rings. The van der Waals surface area contributed by atoms with Gasteiger partial charge in [-0.25, -0.2) is 4.98 Å². The average Bonchev–Trinajstić information content (AvgIpc) is 2.32. The minimum absolute atomic E-state index is 0.163. The van der Waals surface area contributed by atoms with E-state index in [2.05, 4.69) is 57.1 Å². The zero-order chi connectivity index (χ0) is 14.3. The highest BCUT2D eigenvalue weighted by Gasteiger charge is 2.13. The standard InChI is InChI=1S/C16H28N2O/c1-13(2)12-19-10-6-9-17-15-8-7-14(11-18-15)16(3,4)5/h7-8,11,13H,6,9-10,12H2,1-5H3,(H,17,18). The first-order chi connectivity index (χ1) is 8.89. The van der Waals surface area contributed by atoms with E-state index in [1.54, 1.807) is 0 Å². The molecule has 0 spiro atoms. The lowest BCUT2D eigenvalue weighted by Crippen LogP contribution is -2.12. The van der Waals surface area contributed by atoms with Crippen LogP contribution in [-0.2, 0) is 10.2 Å². The molecule has 0 radical (unpaired) electrons. The van der Waals surface area contributed by atoms with Crippen molar-refractivity contribution in [3.63, 3.8) is 0 Å². The van der Waals surface area contributed by atoms with Crippen molar-refractivity contribution in [1.82, 2.24) is 4.98 Å². The number of hydrogen-bond acceptors (Lipinski definition) is 3. The number of rotatable bonds is 7. The number of aromatic nitrogens is 1. The van der Waals surface area contributed by atoms with Crippen molar-refractivity contribution >= 4 is 5.82 Å². The second-order valence-corrected chi connectivity index (χ2v) is 6.43. The summed E-state index contributed by atoms with van der Waals surface area (Å²) in [5.74, 6) is 1.55. The van der Waals surface area contributed by atoms with E-state index in [4.69, 9.17) is 4.74 Å². The Labute approximate surface area is 117 Å². The van der Waals surface area contributed by atoms with Crippen molar-refractivity contribution < 1.29 is 4.74 Å². The predicted octanol–water partition coefficient (Wildman–Crippen LogP) is 3.85. The predicted molar refractivity (Wildman–Crippen MR) is 81.7 cm³/mol. The van der Waals surface area contributed by atoms with Crippen molar-refractivity contribution in [2.24, 2.45) is 5.92 Å². The Kier molecular flexibility index (Phi) is 6.29. The molecular weight excluding hydrogens is 236 g/mol. The fourth-order valence-electron chi connectivity index (χ4n) is 1.65. The molecule has 0 fully saturated rings. The van der Waals surface area contributed by atoms with Gasteiger partial charge in [0.2, 0.25) is 0 Å². The summed E-state index contributed by atoms with van der Waals surface area (Å²) in [6.45, 7) is 13.5. The average molecular weight is 264 g/mol. The van der Waals surface area contributed by atoms with Gasteiger partial charge >= 0.3 is 0 Å². The van der Waals surface area contributed by atoms with Crippen molar-refractivity contribution in [2.45, 2.75) is 46.5 Å². The van der Waals surface area contributed by atoms with Crippen LogP contribution in [0.25, 0.3) is 0 Å². The first kappa shape index (κ1) is 16.0. The van der Waals surface area contributed by atoms with Crippen LogP contribution in [0.1, 0.15) is 46.6 Å². The molecule has 0 saturated heterocycles. The van der Waals surface area contributed by atoms with E-state index in [1.165, 1.54) is 5.56 Å². The first-order valence-electron chi connectivity index (χ1n) is 7.18. The minimum Gasteiger partial charge on any atom is -0.381 e. The van der Waals surface area contributed by atoms with E-state index >= 15 is 0 Å². The third-order valence-electron chi connectivity index (χ3n) is 2.85. The fourth-order valence-corrected chi connectivity index (χ4v) is 1.65. The monoisotopic (exact) mass is 264 g/mol. The maximum absolute atomic E-state index is 5.54. The summed E-state index contributed by atoms with van der Waals surface area (Å²) in [6, 6.07) is 4.19. The lowest BCUT2D eigenvalue weighted by molar-refractivity contribution is 0.110. The highest BCUT2D eigenvalue weighted by Crippen LogP contribution is 2.21. The molecule has 19 heavy (non-hydrogen) atoms. The van der Waals surface area contributed by atoms with E-state index in [0.717, 1.165) is 32.0 Å². The maximum atomic E-state index is 5.54. The van der Waals surface area contributed by atoms with E-state index in [0.29, 0.717) is 5.92 Å². The fraction of sp³-hybridized carbons (Fsp3) is 0.688. The first-order valence-corrected chi connectivity index (χ1v) is 7.18. The number of hydrogen-bond donors (Lipinski definition) is 1. The number of pyridine rings is 1. The van der Waals surface area contributed by atoms with Gasteiger partial charge in [-0.05, 0) is 29.4 Å². The third kappa shape index (κ3) is 6.58. The van der Waals surface area contributed by atoms with Crippen molar-refractivity contribution in [1.29, 1.82) is 0 Å². The van der Waals surface area contributed by atoms with Crippen LogP contribution in [-0.4, -0.2) is 24.7 Å². The van der Waals surface area contributed by atoms with Crippen LogP contribution in [0.2, 0.25) is 0 Å². The molecule has 0 aliphatic carbocycles. The Morgan fingerprint density at radius 2 is 2.00 bits per heavy atom. The van der Waals surface area contributed by atoms with Gasteiger partial charge in [0.05, 0.1) is 0 Å². The zero-order valence-corrected chi connectivity index (χ0v) is 13.0. The molecule has 0 saturated carbocycles. The Hall–Kier alpha value is -1.09. The van der Waals surface area contributed by atoms with E-state index in [-0.39, 0.29) is 5.41 Å². The van der Waals surface area contributed by atoms with Crippen LogP contribution in [0.5, 0.6) is 0 Å². The van der Waals surface area contributed by atoms with Gasteiger partial charge < -0.3 is 10.1 Å². The molecule has 1 rings (SSSR count). The van der Waals surface area contributed by atoms with E-state index in [1.807, 2.05) is 6.20 Å².